The highest BCUT2D eigenvalue weighted by molar-refractivity contribution is 6.35. The number of H-pyrrole nitrogens is 1. The SMILES string of the molecule is CCN(CC)CCNC(=O)c1c(C)[nH]c(/C=C2\C(=O)Nc3ccc(NC(=O)/C=C\C(=O)n4ncc5ccc(NC(=O)NCCc6ccccc6)cc54)cc32)c1C. The lowest BCUT2D eigenvalue weighted by Gasteiger charge is -2.18. The monoisotopic (exact) mass is 755 g/mol. The lowest BCUT2D eigenvalue weighted by atomic mass is 10.0. The third-order valence-electron chi connectivity index (χ3n) is 9.63. The smallest absolute Gasteiger partial charge is 0.319 e. The van der Waals surface area contributed by atoms with Crippen LogP contribution in [0.25, 0.3) is 22.6 Å². The van der Waals surface area contributed by atoms with E-state index in [4.69, 9.17) is 0 Å². The second-order valence-electron chi connectivity index (χ2n) is 13.3. The average Bonchev–Trinajstić information content (AvgIpc) is 3.84. The van der Waals surface area contributed by atoms with Gasteiger partial charge in [-0.3, -0.25) is 19.2 Å². The first-order chi connectivity index (χ1) is 27.0. The van der Waals surface area contributed by atoms with Crippen molar-refractivity contribution >= 4 is 69.3 Å². The molecule has 0 atom stereocenters. The number of aromatic amines is 1. The van der Waals surface area contributed by atoms with Crippen molar-refractivity contribution in [2.45, 2.75) is 34.1 Å². The number of rotatable bonds is 14. The van der Waals surface area contributed by atoms with Gasteiger partial charge in [0, 0.05) is 71.2 Å². The number of carbonyl (C=O) groups is 5. The van der Waals surface area contributed by atoms with Crippen LogP contribution >= 0.6 is 0 Å². The van der Waals surface area contributed by atoms with Gasteiger partial charge in [0.1, 0.15) is 0 Å². The maximum Gasteiger partial charge on any atom is 0.319 e. The number of nitrogens with zero attached hydrogens (tertiary/aromatic N) is 3. The molecule has 0 saturated carbocycles. The maximum atomic E-state index is 13.1. The van der Waals surface area contributed by atoms with E-state index in [1.54, 1.807) is 42.5 Å². The molecule has 56 heavy (non-hydrogen) atoms. The molecule has 1 aliphatic heterocycles. The summed E-state index contributed by atoms with van der Waals surface area (Å²) in [6.07, 6.45) is 6.12. The molecule has 0 radical (unpaired) electrons. The zero-order valence-electron chi connectivity index (χ0n) is 31.8. The Morgan fingerprint density at radius 2 is 1.62 bits per heavy atom. The lowest BCUT2D eigenvalue weighted by Crippen LogP contribution is -2.35. The number of allylic oxidation sites excluding steroid dienone is 1. The van der Waals surface area contributed by atoms with E-state index in [2.05, 4.69) is 55.4 Å². The van der Waals surface area contributed by atoms with Gasteiger partial charge in [0.25, 0.3) is 17.7 Å². The van der Waals surface area contributed by atoms with Crippen LogP contribution in [-0.4, -0.2) is 82.0 Å². The molecule has 3 aromatic carbocycles. The van der Waals surface area contributed by atoms with E-state index in [0.29, 0.717) is 81.1 Å². The summed E-state index contributed by atoms with van der Waals surface area (Å²) >= 11 is 0. The molecule has 2 aromatic heterocycles. The van der Waals surface area contributed by atoms with Crippen molar-refractivity contribution in [3.05, 3.63) is 119 Å². The van der Waals surface area contributed by atoms with Gasteiger partial charge in [0.2, 0.25) is 5.91 Å². The number of likely N-dealkylation sites (N-methyl/N-ethyl adjacent to an activating group) is 1. The van der Waals surface area contributed by atoms with E-state index in [-0.39, 0.29) is 17.8 Å². The molecule has 3 heterocycles. The van der Waals surface area contributed by atoms with Gasteiger partial charge in [-0.15, -0.1) is 0 Å². The van der Waals surface area contributed by atoms with Gasteiger partial charge in [-0.25, -0.2) is 4.79 Å². The maximum absolute atomic E-state index is 13.1. The van der Waals surface area contributed by atoms with E-state index in [1.807, 2.05) is 44.2 Å². The standard InChI is InChI=1S/C42H45N9O5/c1-5-50(6-2)21-20-43-41(55)39-26(3)35(46-27(39)4)24-33-32-22-30(14-15-34(32)49-40(33)54)47-37(52)16-17-38(53)51-36-23-31(13-12-29(36)25-45-51)48-42(56)44-19-18-28-10-8-7-9-11-28/h7-17,22-25,46H,5-6,18-21H2,1-4H3,(H,43,55)(H,47,52)(H,49,54)(H2,44,48,56)/b17-16-,33-24-. The Morgan fingerprint density at radius 1 is 0.875 bits per heavy atom. The molecule has 6 N–H and O–H groups in total. The molecule has 5 amide bonds. The largest absolute Gasteiger partial charge is 0.358 e. The Balaban J connectivity index is 1.09. The number of aromatic nitrogens is 3. The van der Waals surface area contributed by atoms with Crippen LogP contribution in [0.15, 0.2) is 85.1 Å². The molecule has 1 aliphatic rings. The van der Waals surface area contributed by atoms with Gasteiger partial charge in [-0.1, -0.05) is 44.2 Å². The first kappa shape index (κ1) is 38.9. The zero-order chi connectivity index (χ0) is 39.8. The summed E-state index contributed by atoms with van der Waals surface area (Å²) in [4.78, 5) is 70.3. The highest BCUT2D eigenvalue weighted by atomic mass is 16.2. The van der Waals surface area contributed by atoms with Crippen molar-refractivity contribution in [1.29, 1.82) is 0 Å². The fourth-order valence-corrected chi connectivity index (χ4v) is 6.58. The van der Waals surface area contributed by atoms with Crippen LogP contribution in [-0.2, 0) is 16.0 Å². The lowest BCUT2D eigenvalue weighted by molar-refractivity contribution is -0.112. The normalized spacial score (nSPS) is 12.9. The Labute approximate surface area is 324 Å². The Morgan fingerprint density at radius 3 is 2.39 bits per heavy atom. The van der Waals surface area contributed by atoms with Crippen molar-refractivity contribution in [2.75, 3.05) is 48.7 Å². The quantitative estimate of drug-likeness (QED) is 0.0781. The molecule has 0 saturated heterocycles. The summed E-state index contributed by atoms with van der Waals surface area (Å²) in [5.74, 6) is -1.64. The highest BCUT2D eigenvalue weighted by Crippen LogP contribution is 2.36. The van der Waals surface area contributed by atoms with E-state index in [0.717, 1.165) is 42.0 Å². The molecule has 0 spiro atoms. The van der Waals surface area contributed by atoms with Crippen LogP contribution in [0, 0.1) is 13.8 Å². The molecule has 14 nitrogen and oxygen atoms in total. The summed E-state index contributed by atoms with van der Waals surface area (Å²) < 4.78 is 1.15. The minimum absolute atomic E-state index is 0.182. The fourth-order valence-electron chi connectivity index (χ4n) is 6.58. The number of benzene rings is 3. The van der Waals surface area contributed by atoms with Crippen molar-refractivity contribution in [1.82, 2.24) is 30.3 Å². The number of amides is 5. The number of urea groups is 1. The third-order valence-corrected chi connectivity index (χ3v) is 9.63. The number of carbonyl (C=O) groups excluding carboxylic acids is 5. The number of hydrogen-bond donors (Lipinski definition) is 6. The Kier molecular flexibility index (Phi) is 12.2. The Hall–Kier alpha value is -6.80. The van der Waals surface area contributed by atoms with E-state index in [1.165, 1.54) is 6.20 Å². The molecule has 5 aromatic rings. The van der Waals surface area contributed by atoms with Crippen LogP contribution < -0.4 is 26.6 Å². The summed E-state index contributed by atoms with van der Waals surface area (Å²) in [6.45, 7) is 11.3. The van der Waals surface area contributed by atoms with Crippen molar-refractivity contribution in [3.63, 3.8) is 0 Å². The second-order valence-corrected chi connectivity index (χ2v) is 13.3. The van der Waals surface area contributed by atoms with Crippen molar-refractivity contribution in [2.24, 2.45) is 0 Å². The fraction of sp³-hybridized carbons (Fsp3) is 0.238. The number of hydrogen-bond acceptors (Lipinski definition) is 7. The summed E-state index contributed by atoms with van der Waals surface area (Å²) in [6, 6.07) is 19.5. The van der Waals surface area contributed by atoms with Crippen LogP contribution in [0.4, 0.5) is 21.9 Å². The van der Waals surface area contributed by atoms with Gasteiger partial charge in [0.15, 0.2) is 0 Å². The highest BCUT2D eigenvalue weighted by Gasteiger charge is 2.26. The summed E-state index contributed by atoms with van der Waals surface area (Å²) in [5.41, 5.74) is 6.52. The van der Waals surface area contributed by atoms with Crippen LogP contribution in [0.5, 0.6) is 0 Å². The Bertz CT molecular complexity index is 2350. The van der Waals surface area contributed by atoms with E-state index in [9.17, 15) is 24.0 Å². The van der Waals surface area contributed by atoms with Gasteiger partial charge in [-0.2, -0.15) is 9.78 Å². The number of aryl methyl sites for hydroxylation is 1. The average molecular weight is 756 g/mol. The number of nitrogens with one attached hydrogen (secondary N) is 6. The minimum atomic E-state index is -0.570. The van der Waals surface area contributed by atoms with E-state index < -0.39 is 11.8 Å². The van der Waals surface area contributed by atoms with Gasteiger partial charge < -0.3 is 36.5 Å². The summed E-state index contributed by atoms with van der Waals surface area (Å²) in [5, 5.41) is 19.1. The van der Waals surface area contributed by atoms with Gasteiger partial charge >= 0.3 is 6.03 Å². The second kappa shape index (κ2) is 17.6. The van der Waals surface area contributed by atoms with Crippen LogP contribution in [0.2, 0.25) is 0 Å². The molecule has 288 valence electrons. The van der Waals surface area contributed by atoms with Crippen LogP contribution in [0.1, 0.15) is 57.1 Å². The molecule has 6 rings (SSSR count). The minimum Gasteiger partial charge on any atom is -0.358 e. The molecular weight excluding hydrogens is 711 g/mol. The first-order valence-electron chi connectivity index (χ1n) is 18.5. The molecule has 14 heteroatoms. The topological polar surface area (TPSA) is 182 Å². The van der Waals surface area contributed by atoms with Crippen LogP contribution in [0.3, 0.4) is 0 Å². The van der Waals surface area contributed by atoms with E-state index >= 15 is 0 Å². The van der Waals surface area contributed by atoms with Gasteiger partial charge in [0.05, 0.1) is 22.9 Å². The zero-order valence-corrected chi connectivity index (χ0v) is 31.8. The van der Waals surface area contributed by atoms with Gasteiger partial charge in [-0.05, 0) is 87.0 Å². The molecule has 0 aliphatic carbocycles. The molecule has 0 bridgehead atoms. The predicted molar refractivity (Wildman–Crippen MR) is 219 cm³/mol. The third kappa shape index (κ3) is 9.10. The van der Waals surface area contributed by atoms with Crippen molar-refractivity contribution < 1.29 is 24.0 Å². The summed E-state index contributed by atoms with van der Waals surface area (Å²) in [7, 11) is 0. The predicted octanol–water partition coefficient (Wildman–Crippen LogP) is 5.74. The van der Waals surface area contributed by atoms with Crippen molar-refractivity contribution in [3.8, 4) is 0 Å². The molecule has 0 unspecified atom stereocenters. The molecule has 0 fully saturated rings. The number of fused-ring (bicyclic) bond motifs is 2. The first-order valence-corrected chi connectivity index (χ1v) is 18.5. The molecular formula is C42H45N9O5. The number of anilines is 3.